The van der Waals surface area contributed by atoms with E-state index in [0.29, 0.717) is 16.5 Å². The van der Waals surface area contributed by atoms with Gasteiger partial charge in [0.1, 0.15) is 17.6 Å². The van der Waals surface area contributed by atoms with E-state index in [1.165, 1.54) is 6.92 Å². The molecule has 9 heteroatoms. The summed E-state index contributed by atoms with van der Waals surface area (Å²) in [6, 6.07) is 24.9. The maximum absolute atomic E-state index is 11.8. The molecule has 7 nitrogen and oxygen atoms in total. The van der Waals surface area contributed by atoms with Crippen LogP contribution in [0, 0.1) is 0 Å². The van der Waals surface area contributed by atoms with Gasteiger partial charge in [-0.25, -0.2) is 0 Å². The predicted molar refractivity (Wildman–Crippen MR) is 145 cm³/mol. The first-order valence-corrected chi connectivity index (χ1v) is 12.5. The highest BCUT2D eigenvalue weighted by atomic mass is 32.2. The minimum absolute atomic E-state index is 0.191. The van der Waals surface area contributed by atoms with Crippen LogP contribution in [0.25, 0.3) is 0 Å². The molecule has 0 spiro atoms. The van der Waals surface area contributed by atoms with Gasteiger partial charge in [0.25, 0.3) is 0 Å². The second-order valence-corrected chi connectivity index (χ2v) is 9.60. The summed E-state index contributed by atoms with van der Waals surface area (Å²) < 4.78 is 11.8. The van der Waals surface area contributed by atoms with Gasteiger partial charge in [0.15, 0.2) is 10.2 Å². The van der Waals surface area contributed by atoms with E-state index in [9.17, 15) is 4.79 Å². The molecule has 2 N–H and O–H groups in total. The van der Waals surface area contributed by atoms with Gasteiger partial charge >= 0.3 is 0 Å². The van der Waals surface area contributed by atoms with Gasteiger partial charge in [0.05, 0.1) is 24.5 Å². The van der Waals surface area contributed by atoms with Crippen LogP contribution in [-0.4, -0.2) is 23.1 Å². The Morgan fingerprint density at radius 1 is 1.11 bits per heavy atom. The van der Waals surface area contributed by atoms with Crippen LogP contribution in [0.3, 0.4) is 0 Å². The second kappa shape index (κ2) is 10.4. The van der Waals surface area contributed by atoms with Crippen LogP contribution < -0.4 is 20.3 Å². The molecule has 4 aromatic rings. The molecule has 36 heavy (non-hydrogen) atoms. The first kappa shape index (κ1) is 23.9. The van der Waals surface area contributed by atoms with Gasteiger partial charge in [0.2, 0.25) is 5.91 Å². The summed E-state index contributed by atoms with van der Waals surface area (Å²) in [5, 5.41) is 7.57. The lowest BCUT2D eigenvalue weighted by Crippen LogP contribution is -2.29. The number of rotatable bonds is 7. The number of benzene rings is 2. The number of thiocarbonyl (C=S) groups is 1. The van der Waals surface area contributed by atoms with E-state index in [2.05, 4.69) is 15.6 Å². The van der Waals surface area contributed by atoms with Crippen LogP contribution in [0.15, 0.2) is 99.5 Å². The van der Waals surface area contributed by atoms with Crippen LogP contribution >= 0.6 is 24.0 Å². The van der Waals surface area contributed by atoms with Crippen LogP contribution in [0.1, 0.15) is 30.5 Å². The summed E-state index contributed by atoms with van der Waals surface area (Å²) in [5.74, 6) is 1.11. The third-order valence-electron chi connectivity index (χ3n) is 5.73. The molecule has 1 amide bonds. The molecule has 3 heterocycles. The Bertz CT molecular complexity index is 1380. The van der Waals surface area contributed by atoms with Crippen molar-refractivity contribution in [2.75, 3.05) is 17.3 Å². The standard InChI is InChI=1S/C27H24N4O3S2/c1-17(32)29-21-16-18(11-12-22(21)33-2)31-26(25(30-27(31)35)20-10-6-7-15-28-20)23-13-14-24(34-23)36-19-8-4-3-5-9-19/h3-16,25-26H,1-2H3,(H,29,32)(H,30,35)/t25-,26-/m1/s1. The average molecular weight is 517 g/mol. The number of hydrogen-bond donors (Lipinski definition) is 2. The number of anilines is 2. The number of nitrogens with one attached hydrogen (secondary N) is 2. The summed E-state index contributed by atoms with van der Waals surface area (Å²) in [6.07, 6.45) is 1.76. The molecule has 182 valence electrons. The normalized spacial score (nSPS) is 17.1. The Morgan fingerprint density at radius 3 is 2.64 bits per heavy atom. The number of aromatic nitrogens is 1. The molecule has 0 saturated carbocycles. The highest BCUT2D eigenvalue weighted by molar-refractivity contribution is 7.99. The third kappa shape index (κ3) is 4.93. The summed E-state index contributed by atoms with van der Waals surface area (Å²) in [6.45, 7) is 1.46. The lowest BCUT2D eigenvalue weighted by molar-refractivity contribution is -0.114. The molecule has 2 atom stereocenters. The molecule has 2 aromatic carbocycles. The highest BCUT2D eigenvalue weighted by Gasteiger charge is 2.42. The van der Waals surface area contributed by atoms with Crippen molar-refractivity contribution in [3.63, 3.8) is 0 Å². The van der Waals surface area contributed by atoms with E-state index in [-0.39, 0.29) is 18.0 Å². The van der Waals surface area contributed by atoms with Gasteiger partial charge in [-0.15, -0.1) is 0 Å². The molecule has 1 fully saturated rings. The lowest BCUT2D eigenvalue weighted by atomic mass is 10.0. The summed E-state index contributed by atoms with van der Waals surface area (Å²) >= 11 is 7.36. The summed E-state index contributed by atoms with van der Waals surface area (Å²) in [4.78, 5) is 19.5. The van der Waals surface area contributed by atoms with Gasteiger partial charge in [0, 0.05) is 23.7 Å². The number of carbonyl (C=O) groups excluding carboxylic acids is 1. The van der Waals surface area contributed by atoms with Gasteiger partial charge in [-0.1, -0.05) is 36.0 Å². The van der Waals surface area contributed by atoms with Crippen molar-refractivity contribution < 1.29 is 13.9 Å². The second-order valence-electron chi connectivity index (χ2n) is 8.13. The topological polar surface area (TPSA) is 79.6 Å². The summed E-state index contributed by atoms with van der Waals surface area (Å²) in [5.41, 5.74) is 2.19. The Kier molecular flexibility index (Phi) is 6.92. The fraction of sp³-hybridized carbons (Fsp3) is 0.148. The van der Waals surface area contributed by atoms with Crippen molar-refractivity contribution in [2.24, 2.45) is 0 Å². The SMILES string of the molecule is COc1ccc(N2C(=S)N[C@H](c3ccccn3)[C@H]2c2ccc(Sc3ccccc3)o2)cc1NC(C)=O. The maximum Gasteiger partial charge on any atom is 0.221 e. The fourth-order valence-electron chi connectivity index (χ4n) is 4.21. The van der Waals surface area contributed by atoms with Gasteiger partial charge < -0.3 is 24.7 Å². The van der Waals surface area contributed by atoms with Crippen LogP contribution in [0.5, 0.6) is 5.75 Å². The van der Waals surface area contributed by atoms with E-state index in [0.717, 1.165) is 27.1 Å². The Hall–Kier alpha value is -3.82. The van der Waals surface area contributed by atoms with E-state index in [4.69, 9.17) is 21.4 Å². The Labute approximate surface area is 218 Å². The van der Waals surface area contributed by atoms with Crippen LogP contribution in [-0.2, 0) is 4.79 Å². The molecule has 0 bridgehead atoms. The molecule has 1 aliphatic heterocycles. The molecule has 1 aliphatic rings. The van der Waals surface area contributed by atoms with E-state index >= 15 is 0 Å². The number of carbonyl (C=O) groups is 1. The Balaban J connectivity index is 1.55. The summed E-state index contributed by atoms with van der Waals surface area (Å²) in [7, 11) is 1.57. The van der Waals surface area contributed by atoms with Crippen molar-refractivity contribution >= 4 is 46.4 Å². The van der Waals surface area contributed by atoms with Gasteiger partial charge in [-0.05, 0) is 66.8 Å². The lowest BCUT2D eigenvalue weighted by Gasteiger charge is -2.27. The van der Waals surface area contributed by atoms with E-state index in [1.807, 2.05) is 83.8 Å². The number of ether oxygens (including phenoxy) is 1. The van der Waals surface area contributed by atoms with E-state index < -0.39 is 0 Å². The largest absolute Gasteiger partial charge is 0.495 e. The molecule has 0 unspecified atom stereocenters. The van der Waals surface area contributed by atoms with Crippen molar-refractivity contribution in [2.45, 2.75) is 29.0 Å². The number of amides is 1. The number of nitrogens with zero attached hydrogens (tertiary/aromatic N) is 2. The zero-order valence-corrected chi connectivity index (χ0v) is 21.3. The van der Waals surface area contributed by atoms with E-state index in [1.54, 1.807) is 25.1 Å². The molecule has 0 radical (unpaired) electrons. The number of hydrogen-bond acceptors (Lipinski definition) is 6. The first-order valence-electron chi connectivity index (χ1n) is 11.3. The average Bonchev–Trinajstić information content (AvgIpc) is 3.48. The zero-order chi connectivity index (χ0) is 25.1. The Morgan fingerprint density at radius 2 is 1.92 bits per heavy atom. The molecular weight excluding hydrogens is 492 g/mol. The molecular formula is C27H24N4O3S2. The van der Waals surface area contributed by atoms with Gasteiger partial charge in [-0.2, -0.15) is 0 Å². The maximum atomic E-state index is 11.8. The van der Waals surface area contributed by atoms with Crippen molar-refractivity contribution in [3.05, 3.63) is 96.5 Å². The monoisotopic (exact) mass is 516 g/mol. The minimum Gasteiger partial charge on any atom is -0.495 e. The van der Waals surface area contributed by atoms with Crippen LogP contribution in [0.2, 0.25) is 0 Å². The highest BCUT2D eigenvalue weighted by Crippen LogP contribution is 2.44. The first-order chi connectivity index (χ1) is 17.5. The predicted octanol–water partition coefficient (Wildman–Crippen LogP) is 5.97. The van der Waals surface area contributed by atoms with Crippen LogP contribution in [0.4, 0.5) is 11.4 Å². The smallest absolute Gasteiger partial charge is 0.221 e. The quantitative estimate of drug-likeness (QED) is 0.291. The minimum atomic E-state index is -0.309. The fourth-order valence-corrected chi connectivity index (χ4v) is 5.35. The molecule has 0 aliphatic carbocycles. The third-order valence-corrected chi connectivity index (χ3v) is 6.97. The van der Waals surface area contributed by atoms with Crippen molar-refractivity contribution in [3.8, 4) is 5.75 Å². The molecule has 2 aromatic heterocycles. The number of pyridine rings is 1. The van der Waals surface area contributed by atoms with Crippen molar-refractivity contribution in [1.82, 2.24) is 10.3 Å². The number of methoxy groups -OCH3 is 1. The van der Waals surface area contributed by atoms with Gasteiger partial charge in [-0.3, -0.25) is 9.78 Å². The number of furan rings is 1. The molecule has 5 rings (SSSR count). The molecule has 1 saturated heterocycles. The zero-order valence-electron chi connectivity index (χ0n) is 19.7. The van der Waals surface area contributed by atoms with Crippen molar-refractivity contribution in [1.29, 1.82) is 0 Å².